The number of nitrogens with zero attached hydrogens (tertiary/aromatic N) is 4. The fourth-order valence-electron chi connectivity index (χ4n) is 2.30. The second-order valence-corrected chi connectivity index (χ2v) is 4.90. The maximum Gasteiger partial charge on any atom is 0.0729 e. The van der Waals surface area contributed by atoms with Crippen molar-refractivity contribution in [2.45, 2.75) is 26.6 Å². The molecular weight excluding hydrogens is 262 g/mol. The van der Waals surface area contributed by atoms with Gasteiger partial charge in [-0.2, -0.15) is 10.2 Å². The first-order chi connectivity index (χ1) is 10.3. The lowest BCUT2D eigenvalue weighted by Gasteiger charge is -2.06. The largest absolute Gasteiger partial charge is 0.377 e. The van der Waals surface area contributed by atoms with Gasteiger partial charge in [-0.1, -0.05) is 30.3 Å². The normalized spacial score (nSPS) is 10.7. The second kappa shape index (κ2) is 6.26. The summed E-state index contributed by atoms with van der Waals surface area (Å²) in [5, 5.41) is 12.0. The van der Waals surface area contributed by atoms with Crippen LogP contribution in [-0.2, 0) is 19.6 Å². The van der Waals surface area contributed by atoms with Crippen molar-refractivity contribution in [1.82, 2.24) is 19.6 Å². The molecule has 1 N–H and O–H groups in total. The van der Waals surface area contributed by atoms with Crippen LogP contribution in [0.4, 0.5) is 5.69 Å². The van der Waals surface area contributed by atoms with E-state index in [1.165, 1.54) is 11.3 Å². The van der Waals surface area contributed by atoms with Gasteiger partial charge in [0.05, 0.1) is 30.7 Å². The molecule has 0 fully saturated rings. The monoisotopic (exact) mass is 281 g/mol. The van der Waals surface area contributed by atoms with Crippen LogP contribution in [0.5, 0.6) is 0 Å². The Morgan fingerprint density at radius 2 is 1.95 bits per heavy atom. The number of nitrogens with one attached hydrogen (secondary N) is 1. The molecule has 0 radical (unpaired) electrons. The Hall–Kier alpha value is -2.56. The number of aryl methyl sites for hydroxylation is 1. The third-order valence-corrected chi connectivity index (χ3v) is 3.40. The van der Waals surface area contributed by atoms with Crippen LogP contribution in [0.2, 0.25) is 0 Å². The SMILES string of the molecule is CCn1nccc1CNc1cnn(Cc2ccccc2)c1. The number of rotatable bonds is 6. The molecule has 0 amide bonds. The van der Waals surface area contributed by atoms with Gasteiger partial charge in [-0.3, -0.25) is 9.36 Å². The molecule has 0 saturated carbocycles. The Bertz CT molecular complexity index is 684. The van der Waals surface area contributed by atoms with Gasteiger partial charge in [-0.05, 0) is 18.6 Å². The summed E-state index contributed by atoms with van der Waals surface area (Å²) in [6.45, 7) is 4.52. The van der Waals surface area contributed by atoms with E-state index in [4.69, 9.17) is 0 Å². The van der Waals surface area contributed by atoms with E-state index < -0.39 is 0 Å². The minimum atomic E-state index is 0.755. The maximum absolute atomic E-state index is 4.39. The zero-order valence-corrected chi connectivity index (χ0v) is 12.1. The topological polar surface area (TPSA) is 47.7 Å². The number of benzene rings is 1. The molecule has 5 heteroatoms. The standard InChI is InChI=1S/C16H19N5/c1-2-21-16(8-9-18-21)11-17-15-10-19-20(13-15)12-14-6-4-3-5-7-14/h3-10,13,17H,2,11-12H2,1H3. The molecule has 0 aliphatic heterocycles. The van der Waals surface area contributed by atoms with Gasteiger partial charge in [-0.25, -0.2) is 0 Å². The van der Waals surface area contributed by atoms with E-state index in [1.54, 1.807) is 0 Å². The summed E-state index contributed by atoms with van der Waals surface area (Å²) in [4.78, 5) is 0. The number of anilines is 1. The molecule has 2 aromatic heterocycles. The van der Waals surface area contributed by atoms with Gasteiger partial charge in [-0.15, -0.1) is 0 Å². The highest BCUT2D eigenvalue weighted by Gasteiger charge is 2.02. The highest BCUT2D eigenvalue weighted by atomic mass is 15.3. The van der Waals surface area contributed by atoms with E-state index in [2.05, 4.69) is 34.6 Å². The molecule has 108 valence electrons. The number of aromatic nitrogens is 4. The van der Waals surface area contributed by atoms with Crippen LogP contribution in [0.25, 0.3) is 0 Å². The van der Waals surface area contributed by atoms with Crippen LogP contribution in [0.1, 0.15) is 18.2 Å². The highest BCUT2D eigenvalue weighted by molar-refractivity contribution is 5.38. The lowest BCUT2D eigenvalue weighted by molar-refractivity contribution is 0.627. The second-order valence-electron chi connectivity index (χ2n) is 4.90. The minimum absolute atomic E-state index is 0.755. The highest BCUT2D eigenvalue weighted by Crippen LogP contribution is 2.10. The lowest BCUT2D eigenvalue weighted by atomic mass is 10.2. The van der Waals surface area contributed by atoms with E-state index >= 15 is 0 Å². The van der Waals surface area contributed by atoms with Crippen LogP contribution in [-0.4, -0.2) is 19.6 Å². The first kappa shape index (κ1) is 13.4. The van der Waals surface area contributed by atoms with Crippen molar-refractivity contribution in [2.75, 3.05) is 5.32 Å². The Morgan fingerprint density at radius 1 is 1.10 bits per heavy atom. The smallest absolute Gasteiger partial charge is 0.0729 e. The predicted octanol–water partition coefficient (Wildman–Crippen LogP) is 2.76. The van der Waals surface area contributed by atoms with E-state index in [-0.39, 0.29) is 0 Å². The molecule has 3 aromatic rings. The zero-order chi connectivity index (χ0) is 14.5. The number of hydrogen-bond acceptors (Lipinski definition) is 3. The van der Waals surface area contributed by atoms with Crippen molar-refractivity contribution in [1.29, 1.82) is 0 Å². The third kappa shape index (κ3) is 3.31. The van der Waals surface area contributed by atoms with Crippen molar-refractivity contribution in [2.24, 2.45) is 0 Å². The molecule has 0 aliphatic rings. The molecule has 3 rings (SSSR count). The molecule has 1 aromatic carbocycles. The van der Waals surface area contributed by atoms with Crippen LogP contribution >= 0.6 is 0 Å². The van der Waals surface area contributed by atoms with Crippen molar-refractivity contribution < 1.29 is 0 Å². The van der Waals surface area contributed by atoms with Crippen LogP contribution in [0, 0.1) is 0 Å². The quantitative estimate of drug-likeness (QED) is 0.756. The van der Waals surface area contributed by atoms with Gasteiger partial charge in [0.15, 0.2) is 0 Å². The van der Waals surface area contributed by atoms with Gasteiger partial charge in [0.2, 0.25) is 0 Å². The molecule has 0 spiro atoms. The van der Waals surface area contributed by atoms with Crippen molar-refractivity contribution in [3.63, 3.8) is 0 Å². The molecule has 2 heterocycles. The van der Waals surface area contributed by atoms with E-state index in [9.17, 15) is 0 Å². The molecule has 21 heavy (non-hydrogen) atoms. The first-order valence-electron chi connectivity index (χ1n) is 7.16. The summed E-state index contributed by atoms with van der Waals surface area (Å²) in [6, 6.07) is 12.4. The van der Waals surface area contributed by atoms with Gasteiger partial charge in [0, 0.05) is 18.9 Å². The third-order valence-electron chi connectivity index (χ3n) is 3.40. The molecule has 0 aliphatic carbocycles. The van der Waals surface area contributed by atoms with Crippen LogP contribution < -0.4 is 5.32 Å². The fraction of sp³-hybridized carbons (Fsp3) is 0.250. The van der Waals surface area contributed by atoms with Gasteiger partial charge >= 0.3 is 0 Å². The molecular formula is C16H19N5. The Labute approximate surface area is 124 Å². The first-order valence-corrected chi connectivity index (χ1v) is 7.16. The summed E-state index contributed by atoms with van der Waals surface area (Å²) in [7, 11) is 0. The predicted molar refractivity (Wildman–Crippen MR) is 83.0 cm³/mol. The molecule has 5 nitrogen and oxygen atoms in total. The van der Waals surface area contributed by atoms with Crippen molar-refractivity contribution in [3.8, 4) is 0 Å². The average molecular weight is 281 g/mol. The van der Waals surface area contributed by atoms with E-state index in [0.717, 1.165) is 25.3 Å². The summed E-state index contributed by atoms with van der Waals surface area (Å²) < 4.78 is 3.93. The summed E-state index contributed by atoms with van der Waals surface area (Å²) in [5.41, 5.74) is 3.44. The zero-order valence-electron chi connectivity index (χ0n) is 12.1. The van der Waals surface area contributed by atoms with Gasteiger partial charge in [0.25, 0.3) is 0 Å². The van der Waals surface area contributed by atoms with Crippen molar-refractivity contribution >= 4 is 5.69 Å². The minimum Gasteiger partial charge on any atom is -0.377 e. The average Bonchev–Trinajstić information content (AvgIpc) is 3.15. The molecule has 0 unspecified atom stereocenters. The number of hydrogen-bond donors (Lipinski definition) is 1. The molecule has 0 bridgehead atoms. The molecule has 0 saturated heterocycles. The fourth-order valence-corrected chi connectivity index (χ4v) is 2.30. The Balaban J connectivity index is 1.60. The van der Waals surface area contributed by atoms with E-state index in [0.29, 0.717) is 0 Å². The summed E-state index contributed by atoms with van der Waals surface area (Å²) in [6.07, 6.45) is 5.72. The lowest BCUT2D eigenvalue weighted by Crippen LogP contribution is -2.07. The Morgan fingerprint density at radius 3 is 2.76 bits per heavy atom. The summed E-state index contributed by atoms with van der Waals surface area (Å²) >= 11 is 0. The Kier molecular flexibility index (Phi) is 4.00. The summed E-state index contributed by atoms with van der Waals surface area (Å²) in [5.74, 6) is 0. The maximum atomic E-state index is 4.39. The van der Waals surface area contributed by atoms with Crippen LogP contribution in [0.15, 0.2) is 55.0 Å². The van der Waals surface area contributed by atoms with Crippen LogP contribution in [0.3, 0.4) is 0 Å². The van der Waals surface area contributed by atoms with Gasteiger partial charge < -0.3 is 5.32 Å². The van der Waals surface area contributed by atoms with E-state index in [1.807, 2.05) is 52.2 Å². The van der Waals surface area contributed by atoms with Gasteiger partial charge in [0.1, 0.15) is 0 Å². The molecule has 0 atom stereocenters. The van der Waals surface area contributed by atoms with Crippen molar-refractivity contribution in [3.05, 3.63) is 66.2 Å².